The molecule has 7 nitrogen and oxygen atoms in total. The van der Waals surface area contributed by atoms with E-state index in [0.717, 1.165) is 69.9 Å². The van der Waals surface area contributed by atoms with E-state index < -0.39 is 0 Å². The Morgan fingerprint density at radius 2 is 2.16 bits per heavy atom. The molecule has 0 aromatic carbocycles. The zero-order valence-electron chi connectivity index (χ0n) is 15.6. The Hall–Kier alpha value is -1.44. The van der Waals surface area contributed by atoms with E-state index in [0.29, 0.717) is 5.69 Å². The molecule has 25 heavy (non-hydrogen) atoms. The van der Waals surface area contributed by atoms with Crippen LogP contribution in [0.5, 0.6) is 0 Å². The van der Waals surface area contributed by atoms with Gasteiger partial charge >= 0.3 is 0 Å². The average Bonchev–Trinajstić information content (AvgIpc) is 2.86. The van der Waals surface area contributed by atoms with E-state index >= 15 is 0 Å². The van der Waals surface area contributed by atoms with Gasteiger partial charge in [-0.2, -0.15) is 5.10 Å². The van der Waals surface area contributed by atoms with Gasteiger partial charge in [0.15, 0.2) is 5.69 Å². The summed E-state index contributed by atoms with van der Waals surface area (Å²) in [7, 11) is 1.74. The number of nitrogens with one attached hydrogen (secondary N) is 1. The minimum Gasteiger partial charge on any atom is -0.385 e. The number of rotatable bonds is 5. The number of hydrogen-bond donors (Lipinski definition) is 1. The minimum atomic E-state index is -0.0341. The van der Waals surface area contributed by atoms with Crippen molar-refractivity contribution in [2.45, 2.75) is 45.3 Å². The van der Waals surface area contributed by atoms with Crippen LogP contribution in [0.3, 0.4) is 0 Å². The number of hydrogen-bond acceptors (Lipinski definition) is 5. The fourth-order valence-electron chi connectivity index (χ4n) is 3.83. The van der Waals surface area contributed by atoms with E-state index in [2.05, 4.69) is 15.1 Å². The summed E-state index contributed by atoms with van der Waals surface area (Å²) >= 11 is 0. The highest BCUT2D eigenvalue weighted by atomic mass is 16.5. The van der Waals surface area contributed by atoms with E-state index in [1.54, 1.807) is 7.11 Å². The molecule has 1 amide bonds. The number of carbonyl (C=O) groups is 1. The van der Waals surface area contributed by atoms with Crippen molar-refractivity contribution in [1.82, 2.24) is 20.0 Å². The number of aromatic amines is 1. The quantitative estimate of drug-likeness (QED) is 0.817. The number of methoxy groups -OCH3 is 1. The van der Waals surface area contributed by atoms with E-state index in [9.17, 15) is 4.79 Å². The maximum absolute atomic E-state index is 13.0. The second-order valence-electron chi connectivity index (χ2n) is 7.09. The summed E-state index contributed by atoms with van der Waals surface area (Å²) in [4.78, 5) is 17.4. The van der Waals surface area contributed by atoms with Crippen LogP contribution >= 0.6 is 0 Å². The topological polar surface area (TPSA) is 70.7 Å². The van der Waals surface area contributed by atoms with Crippen LogP contribution in [0.4, 0.5) is 0 Å². The third-order valence-electron chi connectivity index (χ3n) is 5.13. The smallest absolute Gasteiger partial charge is 0.274 e. The predicted octanol–water partition coefficient (Wildman–Crippen LogP) is 1.62. The van der Waals surface area contributed by atoms with Crippen LogP contribution in [0.1, 0.15) is 54.5 Å². The number of carbonyl (C=O) groups excluding carboxylic acids is 1. The van der Waals surface area contributed by atoms with Crippen LogP contribution in [0.25, 0.3) is 0 Å². The van der Waals surface area contributed by atoms with Crippen molar-refractivity contribution >= 4 is 5.91 Å². The van der Waals surface area contributed by atoms with Gasteiger partial charge in [-0.25, -0.2) is 0 Å². The molecule has 0 aliphatic carbocycles. The number of H-pyrrole nitrogens is 1. The lowest BCUT2D eigenvalue weighted by Crippen LogP contribution is -2.36. The second-order valence-corrected chi connectivity index (χ2v) is 7.09. The number of ether oxygens (including phenoxy) is 2. The molecule has 2 aliphatic rings. The van der Waals surface area contributed by atoms with E-state index in [1.165, 1.54) is 0 Å². The molecule has 7 heteroatoms. The van der Waals surface area contributed by atoms with Crippen molar-refractivity contribution in [3.8, 4) is 0 Å². The number of amides is 1. The maximum Gasteiger partial charge on any atom is 0.274 e. The molecule has 0 bridgehead atoms. The van der Waals surface area contributed by atoms with Gasteiger partial charge in [0.25, 0.3) is 5.91 Å². The number of nitrogens with zero attached hydrogens (tertiary/aromatic N) is 3. The minimum absolute atomic E-state index is 0.0341. The molecule has 0 unspecified atom stereocenters. The summed E-state index contributed by atoms with van der Waals surface area (Å²) in [5.41, 5.74) is 2.58. The molecular weight excluding hydrogens is 320 g/mol. The summed E-state index contributed by atoms with van der Waals surface area (Å²) in [5.74, 6) is 0.0533. The Kier molecular flexibility index (Phi) is 6.09. The summed E-state index contributed by atoms with van der Waals surface area (Å²) < 4.78 is 10.9. The van der Waals surface area contributed by atoms with Crippen LogP contribution in [-0.4, -0.2) is 78.4 Å². The highest BCUT2D eigenvalue weighted by Crippen LogP contribution is 2.30. The molecule has 1 aromatic heterocycles. The normalized spacial score (nSPS) is 24.8. The van der Waals surface area contributed by atoms with E-state index in [-0.39, 0.29) is 18.1 Å². The highest BCUT2D eigenvalue weighted by Gasteiger charge is 2.31. The van der Waals surface area contributed by atoms with E-state index in [4.69, 9.17) is 9.47 Å². The largest absolute Gasteiger partial charge is 0.385 e. The molecular formula is C18H30N4O3. The van der Waals surface area contributed by atoms with Gasteiger partial charge in [-0.15, -0.1) is 0 Å². The maximum atomic E-state index is 13.0. The highest BCUT2D eigenvalue weighted by molar-refractivity contribution is 5.94. The van der Waals surface area contributed by atoms with E-state index in [1.807, 2.05) is 18.7 Å². The fourth-order valence-corrected chi connectivity index (χ4v) is 3.83. The average molecular weight is 350 g/mol. The van der Waals surface area contributed by atoms with Crippen molar-refractivity contribution in [3.63, 3.8) is 0 Å². The third-order valence-corrected chi connectivity index (χ3v) is 5.13. The van der Waals surface area contributed by atoms with Crippen molar-refractivity contribution < 1.29 is 14.3 Å². The van der Waals surface area contributed by atoms with Gasteiger partial charge in [0, 0.05) is 51.9 Å². The summed E-state index contributed by atoms with van der Waals surface area (Å²) in [6.07, 6.45) is 2.86. The van der Waals surface area contributed by atoms with Crippen molar-refractivity contribution in [2.75, 3.05) is 46.4 Å². The van der Waals surface area contributed by atoms with Gasteiger partial charge in [-0.05, 0) is 33.2 Å². The third kappa shape index (κ3) is 4.22. The molecule has 3 rings (SSSR count). The first-order chi connectivity index (χ1) is 12.1. The summed E-state index contributed by atoms with van der Waals surface area (Å²) in [5, 5.41) is 7.37. The summed E-state index contributed by atoms with van der Waals surface area (Å²) in [6.45, 7) is 9.37. The lowest BCUT2D eigenvalue weighted by molar-refractivity contribution is -0.00702. The predicted molar refractivity (Wildman–Crippen MR) is 94.7 cm³/mol. The van der Waals surface area contributed by atoms with Crippen LogP contribution in [0, 0.1) is 0 Å². The van der Waals surface area contributed by atoms with Crippen molar-refractivity contribution in [2.24, 2.45) is 0 Å². The number of fused-ring (bicyclic) bond motifs is 1. The fraction of sp³-hybridized carbons (Fsp3) is 0.778. The van der Waals surface area contributed by atoms with Crippen LogP contribution in [0.2, 0.25) is 0 Å². The van der Waals surface area contributed by atoms with Crippen molar-refractivity contribution in [3.05, 3.63) is 17.0 Å². The Morgan fingerprint density at radius 3 is 2.96 bits per heavy atom. The van der Waals surface area contributed by atoms with Gasteiger partial charge in [0.1, 0.15) is 0 Å². The molecule has 2 aliphatic heterocycles. The first-order valence-corrected chi connectivity index (χ1v) is 9.33. The molecule has 0 radical (unpaired) electrons. The molecule has 2 atom stereocenters. The molecule has 1 N–H and O–H groups in total. The first kappa shape index (κ1) is 18.4. The lowest BCUT2D eigenvalue weighted by Gasteiger charge is -2.26. The zero-order chi connectivity index (χ0) is 17.8. The van der Waals surface area contributed by atoms with Gasteiger partial charge in [-0.1, -0.05) is 0 Å². The molecule has 1 saturated heterocycles. The standard InChI is InChI=1S/C18H30N4O3/c1-13-12-15-16(14(2)25-13)19-20-17(15)18(23)22-8-4-6-21(9-10-22)7-5-11-24-3/h13-14H,4-12H2,1-3H3,(H,19,20)/t13-,14+/m0/s1. The van der Waals surface area contributed by atoms with Gasteiger partial charge in [-0.3, -0.25) is 9.89 Å². The molecule has 0 saturated carbocycles. The number of aromatic nitrogens is 2. The monoisotopic (exact) mass is 350 g/mol. The van der Waals surface area contributed by atoms with Gasteiger partial charge < -0.3 is 19.3 Å². The Labute approximate surface area is 149 Å². The molecule has 1 fully saturated rings. The zero-order valence-corrected chi connectivity index (χ0v) is 15.6. The SMILES string of the molecule is COCCCN1CCCN(C(=O)c2n[nH]c3c2C[C@H](C)O[C@@H]3C)CC1. The van der Waals surface area contributed by atoms with Gasteiger partial charge in [0.05, 0.1) is 17.9 Å². The van der Waals surface area contributed by atoms with Crippen LogP contribution in [-0.2, 0) is 15.9 Å². The second kappa shape index (κ2) is 8.29. The molecule has 140 valence electrons. The summed E-state index contributed by atoms with van der Waals surface area (Å²) in [6, 6.07) is 0. The van der Waals surface area contributed by atoms with Crippen LogP contribution in [0.15, 0.2) is 0 Å². The Balaban J connectivity index is 1.64. The first-order valence-electron chi connectivity index (χ1n) is 9.33. The Morgan fingerprint density at radius 1 is 1.32 bits per heavy atom. The van der Waals surface area contributed by atoms with Gasteiger partial charge in [0.2, 0.25) is 0 Å². The van der Waals surface area contributed by atoms with Crippen LogP contribution < -0.4 is 0 Å². The Bertz CT molecular complexity index is 589. The molecule has 1 aromatic rings. The lowest BCUT2D eigenvalue weighted by atomic mass is 9.99. The molecule has 0 spiro atoms. The van der Waals surface area contributed by atoms with Crippen molar-refractivity contribution in [1.29, 1.82) is 0 Å². The molecule has 3 heterocycles.